The van der Waals surface area contributed by atoms with Gasteiger partial charge in [0.25, 0.3) is 0 Å². The molecular formula is C17H26N2O. The van der Waals surface area contributed by atoms with Gasteiger partial charge in [0.15, 0.2) is 0 Å². The Hall–Kier alpha value is -1.35. The summed E-state index contributed by atoms with van der Waals surface area (Å²) in [6, 6.07) is 8.53. The molecule has 0 aromatic heterocycles. The second kappa shape index (κ2) is 7.44. The van der Waals surface area contributed by atoms with E-state index in [4.69, 9.17) is 0 Å². The minimum atomic E-state index is 0.192. The molecule has 1 atom stereocenters. The summed E-state index contributed by atoms with van der Waals surface area (Å²) in [7, 11) is 0. The number of carbonyl (C=O) groups excluding carboxylic acids is 1. The Kier molecular flexibility index (Phi) is 5.60. The predicted octanol–water partition coefficient (Wildman–Crippen LogP) is 3.88. The van der Waals surface area contributed by atoms with E-state index in [1.54, 1.807) is 0 Å². The molecule has 1 aromatic carbocycles. The molecule has 0 saturated heterocycles. The van der Waals surface area contributed by atoms with Crippen LogP contribution < -0.4 is 10.6 Å². The second-order valence-corrected chi connectivity index (χ2v) is 5.73. The third-order valence-electron chi connectivity index (χ3n) is 4.16. The van der Waals surface area contributed by atoms with Gasteiger partial charge in [-0.05, 0) is 44.0 Å². The molecule has 0 bridgehead atoms. The van der Waals surface area contributed by atoms with Crippen molar-refractivity contribution in [3.05, 3.63) is 29.8 Å². The fraction of sp³-hybridized carbons (Fsp3) is 0.588. The van der Waals surface area contributed by atoms with Crippen molar-refractivity contribution in [3.63, 3.8) is 0 Å². The van der Waals surface area contributed by atoms with Crippen molar-refractivity contribution in [1.29, 1.82) is 0 Å². The van der Waals surface area contributed by atoms with Crippen molar-refractivity contribution in [2.75, 3.05) is 11.9 Å². The summed E-state index contributed by atoms with van der Waals surface area (Å²) in [5, 5.41) is 6.44. The first kappa shape index (κ1) is 15.0. The number of carbonyl (C=O) groups is 1. The number of amides is 1. The molecule has 1 unspecified atom stereocenters. The quantitative estimate of drug-likeness (QED) is 0.855. The Morgan fingerprint density at radius 2 is 1.85 bits per heavy atom. The van der Waals surface area contributed by atoms with E-state index in [1.807, 2.05) is 12.1 Å². The summed E-state index contributed by atoms with van der Waals surface area (Å²) in [5.41, 5.74) is 2.16. The van der Waals surface area contributed by atoms with Gasteiger partial charge < -0.3 is 10.6 Å². The Morgan fingerprint density at radius 1 is 1.20 bits per heavy atom. The van der Waals surface area contributed by atoms with E-state index in [0.717, 1.165) is 25.1 Å². The zero-order chi connectivity index (χ0) is 14.4. The second-order valence-electron chi connectivity index (χ2n) is 5.73. The van der Waals surface area contributed by atoms with Gasteiger partial charge in [-0.25, -0.2) is 0 Å². The lowest BCUT2D eigenvalue weighted by Crippen LogP contribution is -2.24. The van der Waals surface area contributed by atoms with Crippen molar-refractivity contribution >= 4 is 11.6 Å². The molecule has 3 heteroatoms. The van der Waals surface area contributed by atoms with Crippen LogP contribution in [0.3, 0.4) is 0 Å². The van der Waals surface area contributed by atoms with Crippen LogP contribution in [0.5, 0.6) is 0 Å². The third kappa shape index (κ3) is 4.07. The van der Waals surface area contributed by atoms with Crippen molar-refractivity contribution in [3.8, 4) is 0 Å². The van der Waals surface area contributed by atoms with Crippen LogP contribution in [0, 0.1) is 5.92 Å². The zero-order valence-electron chi connectivity index (χ0n) is 12.6. The van der Waals surface area contributed by atoms with Crippen molar-refractivity contribution < 1.29 is 4.79 Å². The minimum Gasteiger partial charge on any atom is -0.326 e. The summed E-state index contributed by atoms with van der Waals surface area (Å²) in [6.45, 7) is 5.22. The smallest absolute Gasteiger partial charge is 0.227 e. The SMILES string of the molecule is CCNC(C)c1ccc(NC(=O)C2CCCCC2)cc1. The van der Waals surface area contributed by atoms with Gasteiger partial charge in [-0.15, -0.1) is 0 Å². The zero-order valence-corrected chi connectivity index (χ0v) is 12.6. The van der Waals surface area contributed by atoms with Gasteiger partial charge in [-0.1, -0.05) is 38.3 Å². The van der Waals surface area contributed by atoms with Gasteiger partial charge in [0.1, 0.15) is 0 Å². The summed E-state index contributed by atoms with van der Waals surface area (Å²) in [6.07, 6.45) is 5.75. The van der Waals surface area contributed by atoms with E-state index in [-0.39, 0.29) is 11.8 Å². The normalized spacial score (nSPS) is 17.7. The lowest BCUT2D eigenvalue weighted by Gasteiger charge is -2.21. The summed E-state index contributed by atoms with van der Waals surface area (Å²) >= 11 is 0. The molecule has 0 spiro atoms. The number of benzene rings is 1. The summed E-state index contributed by atoms with van der Waals surface area (Å²) in [4.78, 5) is 12.2. The molecule has 0 radical (unpaired) electrons. The van der Waals surface area contributed by atoms with E-state index in [9.17, 15) is 4.79 Å². The standard InChI is InChI=1S/C17H26N2O/c1-3-18-13(2)14-9-11-16(12-10-14)19-17(20)15-7-5-4-6-8-15/h9-13,15,18H,3-8H2,1-2H3,(H,19,20). The first-order valence-corrected chi connectivity index (χ1v) is 7.85. The number of anilines is 1. The maximum Gasteiger partial charge on any atom is 0.227 e. The molecule has 1 fully saturated rings. The number of hydrogen-bond donors (Lipinski definition) is 2. The van der Waals surface area contributed by atoms with E-state index >= 15 is 0 Å². The largest absolute Gasteiger partial charge is 0.326 e. The third-order valence-corrected chi connectivity index (χ3v) is 4.16. The van der Waals surface area contributed by atoms with Crippen LogP contribution in [0.15, 0.2) is 24.3 Å². The van der Waals surface area contributed by atoms with Crippen LogP contribution in [0.1, 0.15) is 57.6 Å². The van der Waals surface area contributed by atoms with Crippen molar-refractivity contribution in [1.82, 2.24) is 5.32 Å². The van der Waals surface area contributed by atoms with E-state index in [2.05, 4.69) is 36.6 Å². The number of rotatable bonds is 5. The molecule has 20 heavy (non-hydrogen) atoms. The first-order valence-electron chi connectivity index (χ1n) is 7.85. The highest BCUT2D eigenvalue weighted by Crippen LogP contribution is 2.25. The van der Waals surface area contributed by atoms with Gasteiger partial charge in [-0.2, -0.15) is 0 Å². The van der Waals surface area contributed by atoms with Crippen molar-refractivity contribution in [2.45, 2.75) is 52.0 Å². The van der Waals surface area contributed by atoms with Gasteiger partial charge in [0.2, 0.25) is 5.91 Å². The monoisotopic (exact) mass is 274 g/mol. The maximum atomic E-state index is 12.2. The number of nitrogens with one attached hydrogen (secondary N) is 2. The molecule has 1 amide bonds. The molecule has 2 rings (SSSR count). The van der Waals surface area contributed by atoms with Gasteiger partial charge in [0, 0.05) is 17.6 Å². The van der Waals surface area contributed by atoms with Gasteiger partial charge >= 0.3 is 0 Å². The molecule has 1 aliphatic carbocycles. The maximum absolute atomic E-state index is 12.2. The highest BCUT2D eigenvalue weighted by Gasteiger charge is 2.20. The van der Waals surface area contributed by atoms with Crippen LogP contribution >= 0.6 is 0 Å². The molecule has 1 saturated carbocycles. The van der Waals surface area contributed by atoms with Crippen LogP contribution in [-0.4, -0.2) is 12.5 Å². The van der Waals surface area contributed by atoms with Gasteiger partial charge in [0.05, 0.1) is 0 Å². The van der Waals surface area contributed by atoms with E-state index < -0.39 is 0 Å². The Morgan fingerprint density at radius 3 is 2.45 bits per heavy atom. The van der Waals surface area contributed by atoms with E-state index in [0.29, 0.717) is 6.04 Å². The summed E-state index contributed by atoms with van der Waals surface area (Å²) in [5.74, 6) is 0.404. The Labute approximate surface area is 122 Å². The molecule has 110 valence electrons. The van der Waals surface area contributed by atoms with Crippen LogP contribution in [0.4, 0.5) is 5.69 Å². The Bertz CT molecular complexity index is 421. The van der Waals surface area contributed by atoms with E-state index in [1.165, 1.54) is 24.8 Å². The Balaban J connectivity index is 1.91. The van der Waals surface area contributed by atoms with Crippen LogP contribution in [0.2, 0.25) is 0 Å². The molecule has 0 heterocycles. The molecule has 2 N–H and O–H groups in total. The topological polar surface area (TPSA) is 41.1 Å². The molecule has 0 aliphatic heterocycles. The lowest BCUT2D eigenvalue weighted by molar-refractivity contribution is -0.120. The highest BCUT2D eigenvalue weighted by molar-refractivity contribution is 5.92. The van der Waals surface area contributed by atoms with Crippen LogP contribution in [-0.2, 0) is 4.79 Å². The number of hydrogen-bond acceptors (Lipinski definition) is 2. The first-order chi connectivity index (χ1) is 9.70. The average molecular weight is 274 g/mol. The fourth-order valence-corrected chi connectivity index (χ4v) is 2.89. The van der Waals surface area contributed by atoms with Crippen molar-refractivity contribution in [2.24, 2.45) is 5.92 Å². The molecular weight excluding hydrogens is 248 g/mol. The minimum absolute atomic E-state index is 0.192. The van der Waals surface area contributed by atoms with Crippen LogP contribution in [0.25, 0.3) is 0 Å². The molecule has 1 aromatic rings. The molecule has 1 aliphatic rings. The lowest BCUT2D eigenvalue weighted by atomic mass is 9.88. The molecule has 3 nitrogen and oxygen atoms in total. The summed E-state index contributed by atoms with van der Waals surface area (Å²) < 4.78 is 0. The highest BCUT2D eigenvalue weighted by atomic mass is 16.1. The predicted molar refractivity (Wildman–Crippen MR) is 83.7 cm³/mol. The fourth-order valence-electron chi connectivity index (χ4n) is 2.89. The van der Waals surface area contributed by atoms with Gasteiger partial charge in [-0.3, -0.25) is 4.79 Å². The average Bonchev–Trinajstić information content (AvgIpc) is 2.49.